The van der Waals surface area contributed by atoms with E-state index in [9.17, 15) is 0 Å². The van der Waals surface area contributed by atoms with Gasteiger partial charge in [0.2, 0.25) is 0 Å². The Morgan fingerprint density at radius 3 is 2.57 bits per heavy atom. The fraction of sp³-hybridized carbons (Fsp3) is 0.250. The predicted molar refractivity (Wildman–Crippen MR) is 56.7 cm³/mol. The summed E-state index contributed by atoms with van der Waals surface area (Å²) in [5.41, 5.74) is 1.27. The van der Waals surface area contributed by atoms with Gasteiger partial charge < -0.3 is 0 Å². The van der Waals surface area contributed by atoms with Crippen LogP contribution in [0.15, 0.2) is 42.7 Å². The van der Waals surface area contributed by atoms with Crippen molar-refractivity contribution in [1.29, 1.82) is 0 Å². The number of hydrogen-bond acceptors (Lipinski definition) is 0. The normalized spacial score (nSPS) is 10.4. The van der Waals surface area contributed by atoms with Gasteiger partial charge in [0.15, 0.2) is 0 Å². The Morgan fingerprint density at radius 1 is 1.21 bits per heavy atom. The molecule has 0 atom stereocenters. The Bertz CT molecular complexity index is 415. The van der Waals surface area contributed by atoms with Crippen molar-refractivity contribution >= 4 is 0 Å². The highest BCUT2D eigenvalue weighted by atomic mass is 15.1. The third-order valence-electron chi connectivity index (χ3n) is 2.45. The van der Waals surface area contributed by atoms with Gasteiger partial charge in [-0.05, 0) is 19.1 Å². The molecule has 0 saturated carbocycles. The van der Waals surface area contributed by atoms with Crippen LogP contribution in [0.5, 0.6) is 0 Å². The molecule has 1 heterocycles. The molecule has 0 aliphatic carbocycles. The van der Waals surface area contributed by atoms with E-state index in [0.29, 0.717) is 0 Å². The first kappa shape index (κ1) is 9.00. The van der Waals surface area contributed by atoms with Crippen molar-refractivity contribution in [3.8, 4) is 11.4 Å². The van der Waals surface area contributed by atoms with Crippen LogP contribution < -0.4 is 4.57 Å². The molecule has 0 aliphatic heterocycles. The standard InChI is InChI=1S/C12H15N2/c1-3-14-10-9-13(2)12(14)11-7-5-4-6-8-11/h4-10H,3H2,1-2H3/q+1. The summed E-state index contributed by atoms with van der Waals surface area (Å²) in [6.07, 6.45) is 4.20. The lowest BCUT2D eigenvalue weighted by Crippen LogP contribution is -2.28. The van der Waals surface area contributed by atoms with Crippen molar-refractivity contribution < 1.29 is 4.57 Å². The van der Waals surface area contributed by atoms with Crippen molar-refractivity contribution in [3.63, 3.8) is 0 Å². The zero-order chi connectivity index (χ0) is 9.97. The average molecular weight is 187 g/mol. The fourth-order valence-electron chi connectivity index (χ4n) is 1.74. The number of aryl methyl sites for hydroxylation is 2. The Balaban J connectivity index is 2.55. The lowest BCUT2D eigenvalue weighted by atomic mass is 10.2. The van der Waals surface area contributed by atoms with Crippen LogP contribution >= 0.6 is 0 Å². The van der Waals surface area contributed by atoms with Crippen LogP contribution in [0, 0.1) is 0 Å². The van der Waals surface area contributed by atoms with Gasteiger partial charge in [-0.3, -0.25) is 0 Å². The number of imidazole rings is 1. The number of rotatable bonds is 2. The minimum atomic E-state index is 1.01. The largest absolute Gasteiger partial charge is 0.288 e. The topological polar surface area (TPSA) is 8.81 Å². The van der Waals surface area contributed by atoms with E-state index in [2.05, 4.69) is 59.8 Å². The van der Waals surface area contributed by atoms with Gasteiger partial charge in [-0.2, -0.15) is 0 Å². The van der Waals surface area contributed by atoms with Gasteiger partial charge in [-0.1, -0.05) is 18.2 Å². The van der Waals surface area contributed by atoms with Crippen molar-refractivity contribution in [1.82, 2.24) is 4.57 Å². The molecule has 0 bridgehead atoms. The summed E-state index contributed by atoms with van der Waals surface area (Å²) in [5.74, 6) is 1.26. The molecule has 2 rings (SSSR count). The van der Waals surface area contributed by atoms with Gasteiger partial charge in [-0.25, -0.2) is 9.13 Å². The van der Waals surface area contributed by atoms with Crippen molar-refractivity contribution in [3.05, 3.63) is 42.7 Å². The van der Waals surface area contributed by atoms with E-state index in [4.69, 9.17) is 0 Å². The minimum absolute atomic E-state index is 1.01. The first-order chi connectivity index (χ1) is 6.83. The molecule has 2 heteroatoms. The summed E-state index contributed by atoms with van der Waals surface area (Å²) in [5, 5.41) is 0. The zero-order valence-electron chi connectivity index (χ0n) is 8.64. The monoisotopic (exact) mass is 187 g/mol. The van der Waals surface area contributed by atoms with E-state index in [1.54, 1.807) is 0 Å². The average Bonchev–Trinajstić information content (AvgIpc) is 2.61. The molecule has 0 radical (unpaired) electrons. The summed E-state index contributed by atoms with van der Waals surface area (Å²) in [7, 11) is 2.08. The molecule has 72 valence electrons. The van der Waals surface area contributed by atoms with Crippen LogP contribution in [-0.2, 0) is 13.6 Å². The van der Waals surface area contributed by atoms with E-state index in [1.807, 2.05) is 6.07 Å². The van der Waals surface area contributed by atoms with Crippen molar-refractivity contribution in [2.24, 2.45) is 7.05 Å². The van der Waals surface area contributed by atoms with Gasteiger partial charge in [0.25, 0.3) is 5.82 Å². The number of aromatic nitrogens is 2. The number of hydrogen-bond donors (Lipinski definition) is 0. The highest BCUT2D eigenvalue weighted by Crippen LogP contribution is 2.14. The van der Waals surface area contributed by atoms with E-state index in [1.165, 1.54) is 11.4 Å². The first-order valence-corrected chi connectivity index (χ1v) is 4.93. The van der Waals surface area contributed by atoms with E-state index in [0.717, 1.165) is 6.54 Å². The first-order valence-electron chi connectivity index (χ1n) is 4.93. The lowest BCUT2D eigenvalue weighted by Gasteiger charge is -1.99. The summed E-state index contributed by atoms with van der Waals surface area (Å²) < 4.78 is 4.40. The molecular formula is C12H15N2+. The lowest BCUT2D eigenvalue weighted by molar-refractivity contribution is -0.659. The maximum absolute atomic E-state index is 2.25. The maximum Gasteiger partial charge on any atom is 0.288 e. The Labute approximate surface area is 84.4 Å². The second-order valence-electron chi connectivity index (χ2n) is 3.38. The van der Waals surface area contributed by atoms with Gasteiger partial charge in [-0.15, -0.1) is 0 Å². The molecule has 2 aromatic rings. The Kier molecular flexibility index (Phi) is 2.35. The molecule has 0 N–H and O–H groups in total. The van der Waals surface area contributed by atoms with Crippen molar-refractivity contribution in [2.75, 3.05) is 0 Å². The van der Waals surface area contributed by atoms with E-state index >= 15 is 0 Å². The molecule has 0 aliphatic rings. The SMILES string of the molecule is CCn1cc[n+](C)c1-c1ccccc1. The van der Waals surface area contributed by atoms with Crippen LogP contribution in [0.4, 0.5) is 0 Å². The maximum atomic E-state index is 2.25. The van der Waals surface area contributed by atoms with E-state index in [-0.39, 0.29) is 0 Å². The Morgan fingerprint density at radius 2 is 1.93 bits per heavy atom. The number of nitrogens with zero attached hydrogens (tertiary/aromatic N) is 2. The molecule has 0 unspecified atom stereocenters. The van der Waals surface area contributed by atoms with Crippen LogP contribution in [0.25, 0.3) is 11.4 Å². The second kappa shape index (κ2) is 3.66. The van der Waals surface area contributed by atoms with Gasteiger partial charge in [0.1, 0.15) is 12.4 Å². The quantitative estimate of drug-likeness (QED) is 0.636. The van der Waals surface area contributed by atoms with Crippen LogP contribution in [0.3, 0.4) is 0 Å². The van der Waals surface area contributed by atoms with Gasteiger partial charge in [0.05, 0.1) is 19.2 Å². The van der Waals surface area contributed by atoms with E-state index < -0.39 is 0 Å². The summed E-state index contributed by atoms with van der Waals surface area (Å²) in [6, 6.07) is 10.5. The smallest absolute Gasteiger partial charge is 0.233 e. The molecule has 14 heavy (non-hydrogen) atoms. The van der Waals surface area contributed by atoms with Crippen LogP contribution in [0.2, 0.25) is 0 Å². The molecule has 1 aromatic heterocycles. The highest BCUT2D eigenvalue weighted by molar-refractivity contribution is 5.52. The van der Waals surface area contributed by atoms with Gasteiger partial charge >= 0.3 is 0 Å². The molecular weight excluding hydrogens is 172 g/mol. The van der Waals surface area contributed by atoms with Crippen LogP contribution in [0.1, 0.15) is 6.92 Å². The zero-order valence-corrected chi connectivity index (χ0v) is 8.64. The van der Waals surface area contributed by atoms with Gasteiger partial charge in [0, 0.05) is 0 Å². The highest BCUT2D eigenvalue weighted by Gasteiger charge is 2.14. The Hall–Kier alpha value is -1.57. The second-order valence-corrected chi connectivity index (χ2v) is 3.38. The third-order valence-corrected chi connectivity index (χ3v) is 2.45. The van der Waals surface area contributed by atoms with Crippen LogP contribution in [-0.4, -0.2) is 4.57 Å². The third kappa shape index (κ3) is 1.43. The molecule has 2 nitrogen and oxygen atoms in total. The summed E-state index contributed by atoms with van der Waals surface area (Å²) in [6.45, 7) is 3.16. The van der Waals surface area contributed by atoms with Crippen molar-refractivity contribution in [2.45, 2.75) is 13.5 Å². The fourth-order valence-corrected chi connectivity index (χ4v) is 1.74. The molecule has 1 aromatic carbocycles. The molecule has 0 saturated heterocycles. The number of benzene rings is 1. The summed E-state index contributed by atoms with van der Waals surface area (Å²) >= 11 is 0. The summed E-state index contributed by atoms with van der Waals surface area (Å²) in [4.78, 5) is 0. The molecule has 0 spiro atoms. The molecule has 0 amide bonds. The molecule has 0 fully saturated rings. The minimum Gasteiger partial charge on any atom is -0.233 e. The predicted octanol–water partition coefficient (Wildman–Crippen LogP) is 2.00.